The maximum atomic E-state index is 14.8. The zero-order chi connectivity index (χ0) is 17.2. The predicted molar refractivity (Wildman–Crippen MR) is 98.4 cm³/mol. The van der Waals surface area contributed by atoms with Gasteiger partial charge in [0.1, 0.15) is 5.82 Å². The summed E-state index contributed by atoms with van der Waals surface area (Å²) in [6, 6.07) is 3.62. The van der Waals surface area contributed by atoms with Gasteiger partial charge in [0, 0.05) is 5.56 Å². The van der Waals surface area contributed by atoms with Crippen LogP contribution < -0.4 is 0 Å². The molecule has 1 saturated carbocycles. The molecular weight excluding hydrogens is 299 g/mol. The van der Waals surface area contributed by atoms with Crippen LogP contribution in [0.5, 0.6) is 0 Å². The fourth-order valence-corrected chi connectivity index (χ4v) is 4.57. The minimum Gasteiger partial charge on any atom is -0.385 e. The third-order valence-corrected chi connectivity index (χ3v) is 6.01. The number of rotatable bonds is 5. The minimum absolute atomic E-state index is 0.223. The molecular formula is C22H31FO. The van der Waals surface area contributed by atoms with Crippen LogP contribution in [0.4, 0.5) is 4.39 Å². The van der Waals surface area contributed by atoms with Crippen molar-refractivity contribution in [1.82, 2.24) is 0 Å². The van der Waals surface area contributed by atoms with Crippen LogP contribution in [-0.4, -0.2) is 5.11 Å². The molecule has 2 heteroatoms. The molecule has 1 nitrogen and oxygen atoms in total. The topological polar surface area (TPSA) is 20.2 Å². The first-order valence-corrected chi connectivity index (χ1v) is 9.80. The van der Waals surface area contributed by atoms with Gasteiger partial charge in [0.05, 0.1) is 5.60 Å². The van der Waals surface area contributed by atoms with Crippen molar-refractivity contribution in [1.29, 1.82) is 0 Å². The van der Waals surface area contributed by atoms with E-state index in [1.54, 1.807) is 6.07 Å². The highest BCUT2D eigenvalue weighted by atomic mass is 19.1. The van der Waals surface area contributed by atoms with Crippen molar-refractivity contribution >= 4 is 6.08 Å². The lowest BCUT2D eigenvalue weighted by atomic mass is 9.73. The lowest BCUT2D eigenvalue weighted by Crippen LogP contribution is -2.32. The highest BCUT2D eigenvalue weighted by Gasteiger charge is 2.37. The van der Waals surface area contributed by atoms with E-state index in [9.17, 15) is 9.50 Å². The van der Waals surface area contributed by atoms with Crippen LogP contribution in [0.3, 0.4) is 0 Å². The van der Waals surface area contributed by atoms with Crippen molar-refractivity contribution in [2.75, 3.05) is 0 Å². The summed E-state index contributed by atoms with van der Waals surface area (Å²) >= 11 is 0. The van der Waals surface area contributed by atoms with Gasteiger partial charge in [-0.05, 0) is 74.1 Å². The van der Waals surface area contributed by atoms with Crippen molar-refractivity contribution in [2.24, 2.45) is 5.92 Å². The number of hydrogen-bond acceptors (Lipinski definition) is 1. The summed E-state index contributed by atoms with van der Waals surface area (Å²) in [6.07, 6.45) is 12.3. The van der Waals surface area contributed by atoms with Crippen LogP contribution in [0.2, 0.25) is 0 Å². The molecule has 2 aliphatic rings. The molecule has 0 aromatic heterocycles. The first-order chi connectivity index (χ1) is 11.6. The van der Waals surface area contributed by atoms with Gasteiger partial charge < -0.3 is 5.11 Å². The predicted octanol–water partition coefficient (Wildman–Crippen LogP) is 6.13. The molecule has 0 spiro atoms. The van der Waals surface area contributed by atoms with Crippen molar-refractivity contribution in [3.05, 3.63) is 40.2 Å². The van der Waals surface area contributed by atoms with Crippen LogP contribution in [0.15, 0.2) is 17.7 Å². The average Bonchev–Trinajstić information content (AvgIpc) is 2.57. The summed E-state index contributed by atoms with van der Waals surface area (Å²) in [5, 5.41) is 11.1. The Kier molecular flexibility index (Phi) is 5.44. The van der Waals surface area contributed by atoms with E-state index in [1.165, 1.54) is 24.0 Å². The van der Waals surface area contributed by atoms with Gasteiger partial charge in [0.15, 0.2) is 0 Å². The molecule has 1 aromatic carbocycles. The molecule has 0 heterocycles. The molecule has 24 heavy (non-hydrogen) atoms. The first-order valence-electron chi connectivity index (χ1n) is 9.80. The van der Waals surface area contributed by atoms with Gasteiger partial charge in [-0.15, -0.1) is 0 Å². The van der Waals surface area contributed by atoms with E-state index in [2.05, 4.69) is 19.9 Å². The molecule has 0 bridgehead atoms. The second kappa shape index (κ2) is 7.39. The van der Waals surface area contributed by atoms with Crippen molar-refractivity contribution in [3.8, 4) is 0 Å². The second-order valence-electron chi connectivity index (χ2n) is 7.85. The van der Waals surface area contributed by atoms with E-state index < -0.39 is 5.60 Å². The second-order valence-corrected chi connectivity index (χ2v) is 7.85. The van der Waals surface area contributed by atoms with Gasteiger partial charge in [0.25, 0.3) is 0 Å². The number of halogens is 1. The molecule has 1 aromatic rings. The van der Waals surface area contributed by atoms with Gasteiger partial charge >= 0.3 is 0 Å². The fraction of sp³-hybridized carbons (Fsp3) is 0.636. The lowest BCUT2D eigenvalue weighted by Gasteiger charge is -2.37. The van der Waals surface area contributed by atoms with E-state index in [1.807, 2.05) is 6.07 Å². The van der Waals surface area contributed by atoms with Gasteiger partial charge in [0.2, 0.25) is 0 Å². The quantitative estimate of drug-likeness (QED) is 0.688. The molecule has 1 N–H and O–H groups in total. The molecule has 0 aliphatic heterocycles. The van der Waals surface area contributed by atoms with Crippen LogP contribution in [-0.2, 0) is 12.0 Å². The number of hydrogen-bond donors (Lipinski definition) is 1. The summed E-state index contributed by atoms with van der Waals surface area (Å²) in [6.45, 7) is 4.40. The Morgan fingerprint density at radius 1 is 1.12 bits per heavy atom. The molecule has 0 amide bonds. The highest BCUT2D eigenvalue weighted by molar-refractivity contribution is 5.60. The Bertz CT molecular complexity index is 609. The Morgan fingerprint density at radius 3 is 2.54 bits per heavy atom. The summed E-state index contributed by atoms with van der Waals surface area (Å²) in [5.74, 6) is 0.481. The summed E-state index contributed by atoms with van der Waals surface area (Å²) in [7, 11) is 0. The molecule has 2 aliphatic carbocycles. The largest absolute Gasteiger partial charge is 0.385 e. The molecule has 0 unspecified atom stereocenters. The fourth-order valence-electron chi connectivity index (χ4n) is 4.57. The SMILES string of the molecule is CCCC1=Cc2cc(F)c(C3(O)CCC(CCC)CC3)cc2CC1. The van der Waals surface area contributed by atoms with Crippen LogP contribution in [0.1, 0.15) is 88.3 Å². The molecule has 3 rings (SSSR count). The van der Waals surface area contributed by atoms with Crippen LogP contribution >= 0.6 is 0 Å². The number of aryl methyl sites for hydroxylation is 1. The third kappa shape index (κ3) is 3.59. The lowest BCUT2D eigenvalue weighted by molar-refractivity contribution is -0.0181. The maximum Gasteiger partial charge on any atom is 0.129 e. The van der Waals surface area contributed by atoms with E-state index >= 15 is 0 Å². The number of benzene rings is 1. The number of allylic oxidation sites excluding steroid dienone is 1. The molecule has 1 fully saturated rings. The minimum atomic E-state index is -0.962. The zero-order valence-corrected chi connectivity index (χ0v) is 15.2. The van der Waals surface area contributed by atoms with Crippen molar-refractivity contribution < 1.29 is 9.50 Å². The van der Waals surface area contributed by atoms with E-state index in [0.717, 1.165) is 44.1 Å². The van der Waals surface area contributed by atoms with Crippen molar-refractivity contribution in [3.63, 3.8) is 0 Å². The maximum absolute atomic E-state index is 14.8. The van der Waals surface area contributed by atoms with Crippen LogP contribution in [0, 0.1) is 11.7 Å². The third-order valence-electron chi connectivity index (χ3n) is 6.01. The summed E-state index contributed by atoms with van der Waals surface area (Å²) in [4.78, 5) is 0. The normalized spacial score (nSPS) is 26.8. The van der Waals surface area contributed by atoms with E-state index in [4.69, 9.17) is 0 Å². The molecule has 0 radical (unpaired) electrons. The van der Waals surface area contributed by atoms with Gasteiger partial charge in [-0.2, -0.15) is 0 Å². The molecule has 0 atom stereocenters. The van der Waals surface area contributed by atoms with Crippen molar-refractivity contribution in [2.45, 2.75) is 83.7 Å². The van der Waals surface area contributed by atoms with Gasteiger partial charge in [-0.25, -0.2) is 4.39 Å². The highest BCUT2D eigenvalue weighted by Crippen LogP contribution is 2.43. The summed E-state index contributed by atoms with van der Waals surface area (Å²) < 4.78 is 14.8. The Hall–Kier alpha value is -1.15. The Balaban J connectivity index is 1.83. The van der Waals surface area contributed by atoms with Gasteiger partial charge in [-0.3, -0.25) is 0 Å². The monoisotopic (exact) mass is 330 g/mol. The first kappa shape index (κ1) is 17.7. The van der Waals surface area contributed by atoms with E-state index in [-0.39, 0.29) is 5.82 Å². The standard InChI is InChI=1S/C22H31FO/c1-3-5-16-9-11-22(24,12-10-16)20-14-18-8-7-17(6-4-2)13-19(18)15-21(20)23/h13-16,24H,3-12H2,1-2H3. The number of fused-ring (bicyclic) bond motifs is 1. The van der Waals surface area contributed by atoms with Gasteiger partial charge in [-0.1, -0.05) is 44.8 Å². The number of aliphatic hydroxyl groups is 1. The average molecular weight is 330 g/mol. The Morgan fingerprint density at radius 2 is 1.88 bits per heavy atom. The smallest absolute Gasteiger partial charge is 0.129 e. The van der Waals surface area contributed by atoms with Crippen LogP contribution in [0.25, 0.3) is 6.08 Å². The molecule has 0 saturated heterocycles. The summed E-state index contributed by atoms with van der Waals surface area (Å²) in [5.41, 5.74) is 3.24. The van der Waals surface area contributed by atoms with E-state index in [0.29, 0.717) is 24.3 Å². The Labute approximate surface area is 146 Å². The zero-order valence-electron chi connectivity index (χ0n) is 15.2. The molecule has 132 valence electrons.